The number of anilines is 2. The molecule has 15 nitrogen and oxygen atoms in total. The molecule has 2 bridgehead atoms. The summed E-state index contributed by atoms with van der Waals surface area (Å²) < 4.78 is 27.2. The topological polar surface area (TPSA) is 163 Å². The standard InChI is InChI=1S/C35H45N11O4/c1-23(18-47-3)19-49-34-32(17-45(41-34)28-6-8-29(9-7-28)46-30-10-11-31(46)21-48-20-30)40-35-37-14-27(15-38-35)25-4-5-26(13-36)33(12-25)50-24(2)16-44-22-39-42-43-44/h4-5,12,14-15,17,22-24,28-31H,6-11,16,18-21H2,1-3H3,(H,37,38,40)/t23-,24-,28?,29?,30-,31+/m0/s1. The van der Waals surface area contributed by atoms with Gasteiger partial charge in [0.15, 0.2) is 0 Å². The van der Waals surface area contributed by atoms with E-state index in [2.05, 4.69) is 53.4 Å². The molecule has 264 valence electrons. The fourth-order valence-corrected chi connectivity index (χ4v) is 7.52. The number of rotatable bonds is 14. The number of nitrogens with zero attached hydrogens (tertiary/aromatic N) is 10. The van der Waals surface area contributed by atoms with Crippen LogP contribution in [-0.4, -0.2) is 103 Å². The zero-order chi connectivity index (χ0) is 34.5. The van der Waals surface area contributed by atoms with Gasteiger partial charge < -0.3 is 24.3 Å². The number of benzene rings is 1. The first kappa shape index (κ1) is 33.8. The van der Waals surface area contributed by atoms with Gasteiger partial charge in [-0.2, -0.15) is 5.26 Å². The number of ether oxygens (including phenoxy) is 4. The third-order valence-electron chi connectivity index (χ3n) is 9.91. The largest absolute Gasteiger partial charge is 0.487 e. The maximum Gasteiger partial charge on any atom is 0.256 e. The summed E-state index contributed by atoms with van der Waals surface area (Å²) in [7, 11) is 1.70. The molecule has 3 fully saturated rings. The van der Waals surface area contributed by atoms with Crippen LogP contribution < -0.4 is 14.8 Å². The molecule has 2 aliphatic heterocycles. The van der Waals surface area contributed by atoms with Gasteiger partial charge in [0.2, 0.25) is 5.95 Å². The van der Waals surface area contributed by atoms with E-state index in [-0.39, 0.29) is 12.0 Å². The quantitative estimate of drug-likeness (QED) is 0.199. The molecule has 1 aromatic carbocycles. The minimum Gasteiger partial charge on any atom is -0.487 e. The van der Waals surface area contributed by atoms with Gasteiger partial charge in [-0.3, -0.25) is 9.58 Å². The molecule has 0 unspecified atom stereocenters. The van der Waals surface area contributed by atoms with Crippen LogP contribution in [0.2, 0.25) is 0 Å². The van der Waals surface area contributed by atoms with Gasteiger partial charge >= 0.3 is 0 Å². The van der Waals surface area contributed by atoms with E-state index in [9.17, 15) is 5.26 Å². The third kappa shape index (κ3) is 7.72. The number of nitriles is 1. The highest BCUT2D eigenvalue weighted by molar-refractivity contribution is 5.67. The van der Waals surface area contributed by atoms with Crippen LogP contribution in [-0.2, 0) is 16.0 Å². The highest BCUT2D eigenvalue weighted by Gasteiger charge is 2.42. The summed E-state index contributed by atoms with van der Waals surface area (Å²) in [6.45, 7) is 7.26. The third-order valence-corrected chi connectivity index (χ3v) is 9.91. The van der Waals surface area contributed by atoms with Crippen molar-refractivity contribution in [3.8, 4) is 28.8 Å². The van der Waals surface area contributed by atoms with Crippen molar-refractivity contribution < 1.29 is 18.9 Å². The first-order chi connectivity index (χ1) is 24.5. The Labute approximate surface area is 291 Å². The average molecular weight is 684 g/mol. The Morgan fingerprint density at radius 3 is 2.42 bits per heavy atom. The van der Waals surface area contributed by atoms with Gasteiger partial charge in [-0.15, -0.1) is 10.2 Å². The molecule has 4 aromatic rings. The van der Waals surface area contributed by atoms with Crippen LogP contribution in [0.15, 0.2) is 43.1 Å². The van der Waals surface area contributed by atoms with E-state index in [0.717, 1.165) is 55.7 Å². The van der Waals surface area contributed by atoms with Crippen LogP contribution >= 0.6 is 0 Å². The minimum absolute atomic E-state index is 0.205. The molecule has 0 radical (unpaired) electrons. The van der Waals surface area contributed by atoms with E-state index in [4.69, 9.17) is 24.0 Å². The summed E-state index contributed by atoms with van der Waals surface area (Å²) in [5.74, 6) is 1.63. The van der Waals surface area contributed by atoms with Crippen LogP contribution in [0.5, 0.6) is 11.6 Å². The van der Waals surface area contributed by atoms with Gasteiger partial charge in [0, 0.05) is 49.1 Å². The Kier molecular flexibility index (Phi) is 10.5. The van der Waals surface area contributed by atoms with Crippen molar-refractivity contribution in [2.45, 2.75) is 89.2 Å². The van der Waals surface area contributed by atoms with E-state index in [1.54, 1.807) is 30.3 Å². The number of fused-ring (bicyclic) bond motifs is 2. The van der Waals surface area contributed by atoms with E-state index in [0.29, 0.717) is 67.1 Å². The lowest BCUT2D eigenvalue weighted by Crippen LogP contribution is -2.52. The number of morpholine rings is 1. The number of aromatic nitrogens is 8. The molecule has 7 rings (SSSR count). The van der Waals surface area contributed by atoms with Gasteiger partial charge in [0.25, 0.3) is 5.88 Å². The molecular formula is C35H45N11O4. The fraction of sp³-hybridized carbons (Fsp3) is 0.571. The van der Waals surface area contributed by atoms with Crippen molar-refractivity contribution in [1.29, 1.82) is 5.26 Å². The van der Waals surface area contributed by atoms with E-state index in [1.807, 2.05) is 25.3 Å². The van der Waals surface area contributed by atoms with Crippen molar-refractivity contribution in [2.75, 3.05) is 38.9 Å². The Morgan fingerprint density at radius 2 is 1.72 bits per heavy atom. The number of methoxy groups -OCH3 is 1. The Balaban J connectivity index is 1.04. The molecule has 3 aliphatic rings. The Morgan fingerprint density at radius 1 is 0.980 bits per heavy atom. The number of hydrogen-bond acceptors (Lipinski definition) is 13. The summed E-state index contributed by atoms with van der Waals surface area (Å²) in [6.07, 6.45) is 13.8. The van der Waals surface area contributed by atoms with Crippen LogP contribution in [0.4, 0.5) is 11.6 Å². The predicted molar refractivity (Wildman–Crippen MR) is 183 cm³/mol. The number of tetrazole rings is 1. The number of hydrogen-bond donors (Lipinski definition) is 1. The molecule has 1 aliphatic carbocycles. The minimum atomic E-state index is -0.270. The van der Waals surface area contributed by atoms with Crippen molar-refractivity contribution >= 4 is 11.6 Å². The van der Waals surface area contributed by atoms with Crippen molar-refractivity contribution in [2.24, 2.45) is 5.92 Å². The Bertz CT molecular complexity index is 1720. The zero-order valence-corrected chi connectivity index (χ0v) is 28.9. The molecule has 5 heterocycles. The molecule has 3 aromatic heterocycles. The zero-order valence-electron chi connectivity index (χ0n) is 28.9. The molecule has 2 saturated heterocycles. The first-order valence-corrected chi connectivity index (χ1v) is 17.5. The lowest BCUT2D eigenvalue weighted by atomic mass is 9.89. The van der Waals surface area contributed by atoms with Crippen molar-refractivity contribution in [1.82, 2.24) is 44.9 Å². The maximum absolute atomic E-state index is 9.69. The van der Waals surface area contributed by atoms with Crippen molar-refractivity contribution in [3.63, 3.8) is 0 Å². The van der Waals surface area contributed by atoms with Crippen LogP contribution in [0.3, 0.4) is 0 Å². The van der Waals surface area contributed by atoms with E-state index >= 15 is 0 Å². The van der Waals surface area contributed by atoms with E-state index < -0.39 is 0 Å². The lowest BCUT2D eigenvalue weighted by molar-refractivity contribution is -0.0458. The molecule has 0 spiro atoms. The molecular weight excluding hydrogens is 638 g/mol. The summed E-state index contributed by atoms with van der Waals surface area (Å²) in [5.41, 5.74) is 2.76. The summed E-state index contributed by atoms with van der Waals surface area (Å²) >= 11 is 0. The number of nitrogens with one attached hydrogen (secondary N) is 1. The molecule has 15 heteroatoms. The average Bonchev–Trinajstić information content (AvgIpc) is 3.85. The second kappa shape index (κ2) is 15.5. The summed E-state index contributed by atoms with van der Waals surface area (Å²) in [5, 5.41) is 29.2. The highest BCUT2D eigenvalue weighted by Crippen LogP contribution is 2.39. The van der Waals surface area contributed by atoms with Gasteiger partial charge in [-0.25, -0.2) is 14.6 Å². The SMILES string of the molecule is COC[C@H](C)COc1nn(C2CCC(N3[C@@H]4CC[C@H]3COC4)CC2)cc1Nc1ncc(-c2ccc(C#N)c(O[C@@H](C)Cn3cnnn3)c2)cn1. The van der Waals surface area contributed by atoms with Gasteiger partial charge in [-0.05, 0) is 73.6 Å². The second-order valence-electron chi connectivity index (χ2n) is 13.7. The molecule has 4 atom stereocenters. The maximum atomic E-state index is 9.69. The monoisotopic (exact) mass is 683 g/mol. The highest BCUT2D eigenvalue weighted by atomic mass is 16.5. The predicted octanol–water partition coefficient (Wildman–Crippen LogP) is 4.42. The smallest absolute Gasteiger partial charge is 0.256 e. The van der Waals surface area contributed by atoms with Crippen LogP contribution in [0, 0.1) is 17.2 Å². The Hall–Kier alpha value is -4.65. The normalized spacial score (nSPS) is 23.2. The van der Waals surface area contributed by atoms with Crippen molar-refractivity contribution in [3.05, 3.63) is 48.7 Å². The second-order valence-corrected chi connectivity index (χ2v) is 13.7. The lowest BCUT2D eigenvalue weighted by Gasteiger charge is -2.43. The van der Waals surface area contributed by atoms with E-state index in [1.165, 1.54) is 19.2 Å². The van der Waals surface area contributed by atoms with Crippen LogP contribution in [0.25, 0.3) is 11.1 Å². The summed E-state index contributed by atoms with van der Waals surface area (Å²) in [4.78, 5) is 12.0. The first-order valence-electron chi connectivity index (χ1n) is 17.5. The molecule has 50 heavy (non-hydrogen) atoms. The van der Waals surface area contributed by atoms with Crippen LogP contribution in [0.1, 0.15) is 64.0 Å². The fourth-order valence-electron chi connectivity index (χ4n) is 7.52. The molecule has 1 saturated carbocycles. The van der Waals surface area contributed by atoms with Gasteiger partial charge in [-0.1, -0.05) is 13.0 Å². The van der Waals surface area contributed by atoms with Gasteiger partial charge in [0.1, 0.15) is 29.9 Å². The molecule has 1 N–H and O–H groups in total. The molecule has 0 amide bonds. The van der Waals surface area contributed by atoms with Gasteiger partial charge in [0.05, 0.1) is 50.8 Å². The summed E-state index contributed by atoms with van der Waals surface area (Å²) in [6, 6.07) is 9.72.